The van der Waals surface area contributed by atoms with Crippen LogP contribution in [0.25, 0.3) is 0 Å². The second-order valence-electron chi connectivity index (χ2n) is 3.62. The Hall–Kier alpha value is -0.440. The monoisotopic (exact) mass is 315 g/mol. The van der Waals surface area contributed by atoms with Gasteiger partial charge in [0.05, 0.1) is 5.75 Å². The molecule has 2 rings (SSSR count). The first-order chi connectivity index (χ1) is 7.85. The Morgan fingerprint density at radius 3 is 2.71 bits per heavy atom. The van der Waals surface area contributed by atoms with E-state index < -0.39 is 9.05 Å². The van der Waals surface area contributed by atoms with Crippen molar-refractivity contribution in [3.8, 4) is 0 Å². The zero-order chi connectivity index (χ0) is 12.6. The van der Waals surface area contributed by atoms with Gasteiger partial charge in [0.25, 0.3) is 0 Å². The van der Waals surface area contributed by atoms with Gasteiger partial charge in [-0.1, -0.05) is 11.3 Å². The summed E-state index contributed by atoms with van der Waals surface area (Å²) in [7, 11) is 1.56. The van der Waals surface area contributed by atoms with E-state index in [1.54, 1.807) is 0 Å². The maximum atomic E-state index is 11.7. The summed E-state index contributed by atoms with van der Waals surface area (Å²) in [6, 6.07) is 0. The lowest BCUT2D eigenvalue weighted by Gasteiger charge is -2.11. The van der Waals surface area contributed by atoms with Crippen molar-refractivity contribution < 1.29 is 13.2 Å². The van der Waals surface area contributed by atoms with Gasteiger partial charge in [0, 0.05) is 29.6 Å². The molecule has 0 N–H and O–H groups in total. The molecule has 1 fully saturated rings. The van der Waals surface area contributed by atoms with Crippen LogP contribution in [0.2, 0.25) is 4.47 Å². The second-order valence-corrected chi connectivity index (χ2v) is 7.98. The predicted molar refractivity (Wildman–Crippen MR) is 65.0 cm³/mol. The number of nitrogens with zero attached hydrogens (tertiary/aromatic N) is 3. The van der Waals surface area contributed by atoms with E-state index in [0.29, 0.717) is 5.13 Å². The average Bonchev–Trinajstić information content (AvgIpc) is 2.70. The first kappa shape index (κ1) is 13.0. The first-order valence-corrected chi connectivity index (χ1v) is 8.24. The molecule has 10 heteroatoms. The molecule has 1 aliphatic heterocycles. The van der Waals surface area contributed by atoms with Crippen molar-refractivity contribution >= 4 is 53.7 Å². The highest BCUT2D eigenvalue weighted by Gasteiger charge is 2.34. The lowest BCUT2D eigenvalue weighted by Crippen LogP contribution is -2.25. The standard InChI is InChI=1S/C7H7Cl2N3O3S2/c8-6-10-11-7(16-6)12-2-4(1-5(12)13)3-17(9,14)15/h4H,1-3H2. The van der Waals surface area contributed by atoms with Gasteiger partial charge in [0.1, 0.15) is 0 Å². The minimum absolute atomic E-state index is 0.142. The molecule has 1 amide bonds. The highest BCUT2D eigenvalue weighted by atomic mass is 35.7. The number of aromatic nitrogens is 2. The molecule has 1 atom stereocenters. The topological polar surface area (TPSA) is 80.2 Å². The summed E-state index contributed by atoms with van der Waals surface area (Å²) in [6.45, 7) is 0.274. The van der Waals surface area contributed by atoms with Gasteiger partial charge in [0.15, 0.2) is 0 Å². The minimum atomic E-state index is -3.60. The number of carbonyl (C=O) groups is 1. The van der Waals surface area contributed by atoms with E-state index in [4.69, 9.17) is 22.3 Å². The van der Waals surface area contributed by atoms with Crippen LogP contribution in [0.3, 0.4) is 0 Å². The number of hydrogen-bond acceptors (Lipinski definition) is 6. The van der Waals surface area contributed by atoms with Crippen LogP contribution in [0.5, 0.6) is 0 Å². The van der Waals surface area contributed by atoms with Crippen LogP contribution in [0.1, 0.15) is 6.42 Å². The van der Waals surface area contributed by atoms with Crippen molar-refractivity contribution in [1.29, 1.82) is 0 Å². The second kappa shape index (κ2) is 4.68. The van der Waals surface area contributed by atoms with Crippen LogP contribution in [-0.4, -0.2) is 36.8 Å². The normalized spacial score (nSPS) is 21.2. The van der Waals surface area contributed by atoms with Crippen molar-refractivity contribution in [3.05, 3.63) is 4.47 Å². The van der Waals surface area contributed by atoms with Crippen molar-refractivity contribution in [2.24, 2.45) is 5.92 Å². The van der Waals surface area contributed by atoms with Crippen LogP contribution in [-0.2, 0) is 13.8 Å². The summed E-state index contributed by atoms with van der Waals surface area (Å²) in [4.78, 5) is 13.0. The van der Waals surface area contributed by atoms with E-state index in [9.17, 15) is 13.2 Å². The van der Waals surface area contributed by atoms with E-state index in [1.165, 1.54) is 4.90 Å². The zero-order valence-electron chi connectivity index (χ0n) is 8.34. The molecule has 0 aliphatic carbocycles. The predicted octanol–water partition coefficient (Wildman–Crippen LogP) is 1.11. The fourth-order valence-corrected chi connectivity index (χ4v) is 3.83. The van der Waals surface area contributed by atoms with Gasteiger partial charge in [0.2, 0.25) is 24.6 Å². The van der Waals surface area contributed by atoms with E-state index >= 15 is 0 Å². The molecule has 1 aliphatic rings. The van der Waals surface area contributed by atoms with Crippen molar-refractivity contribution in [1.82, 2.24) is 10.2 Å². The van der Waals surface area contributed by atoms with Gasteiger partial charge in [-0.05, 0) is 11.6 Å². The van der Waals surface area contributed by atoms with Crippen molar-refractivity contribution in [2.75, 3.05) is 17.2 Å². The molecule has 1 unspecified atom stereocenters. The Balaban J connectivity index is 2.10. The molecule has 0 saturated carbocycles. The molecule has 1 saturated heterocycles. The number of amides is 1. The first-order valence-electron chi connectivity index (χ1n) is 4.57. The van der Waals surface area contributed by atoms with E-state index in [1.807, 2.05) is 0 Å². The molecular formula is C7H7Cl2N3O3S2. The summed E-state index contributed by atoms with van der Waals surface area (Å²) >= 11 is 6.69. The summed E-state index contributed by atoms with van der Waals surface area (Å²) in [5.41, 5.74) is 0. The quantitative estimate of drug-likeness (QED) is 0.781. The van der Waals surface area contributed by atoms with Gasteiger partial charge in [-0.15, -0.1) is 10.2 Å². The highest BCUT2D eigenvalue weighted by Crippen LogP contribution is 2.30. The Kier molecular flexibility index (Phi) is 3.58. The Bertz CT molecular complexity index is 544. The maximum absolute atomic E-state index is 11.7. The van der Waals surface area contributed by atoms with Crippen LogP contribution in [0.4, 0.5) is 5.13 Å². The molecule has 94 valence electrons. The van der Waals surface area contributed by atoms with Crippen LogP contribution in [0, 0.1) is 5.92 Å². The van der Waals surface area contributed by atoms with E-state index in [0.717, 1.165) is 11.3 Å². The number of anilines is 1. The Morgan fingerprint density at radius 1 is 1.47 bits per heavy atom. The lowest BCUT2D eigenvalue weighted by molar-refractivity contribution is -0.117. The third-order valence-electron chi connectivity index (χ3n) is 2.26. The van der Waals surface area contributed by atoms with E-state index in [-0.39, 0.29) is 35.0 Å². The van der Waals surface area contributed by atoms with Crippen molar-refractivity contribution in [2.45, 2.75) is 6.42 Å². The van der Waals surface area contributed by atoms with E-state index in [2.05, 4.69) is 10.2 Å². The molecule has 1 aromatic rings. The summed E-state index contributed by atoms with van der Waals surface area (Å²) in [5.74, 6) is -0.723. The van der Waals surface area contributed by atoms with Gasteiger partial charge in [-0.2, -0.15) is 0 Å². The molecule has 1 aromatic heterocycles. The highest BCUT2D eigenvalue weighted by molar-refractivity contribution is 8.13. The Morgan fingerprint density at radius 2 is 2.18 bits per heavy atom. The summed E-state index contributed by atoms with van der Waals surface area (Å²) < 4.78 is 22.1. The van der Waals surface area contributed by atoms with Crippen LogP contribution < -0.4 is 4.90 Å². The number of rotatable bonds is 3. The number of hydrogen-bond donors (Lipinski definition) is 0. The average molecular weight is 316 g/mol. The van der Waals surface area contributed by atoms with Crippen LogP contribution in [0.15, 0.2) is 0 Å². The smallest absolute Gasteiger partial charge is 0.232 e. The molecule has 17 heavy (non-hydrogen) atoms. The fourth-order valence-electron chi connectivity index (χ4n) is 1.67. The zero-order valence-corrected chi connectivity index (χ0v) is 11.5. The van der Waals surface area contributed by atoms with Gasteiger partial charge in [-0.3, -0.25) is 9.69 Å². The molecule has 0 bridgehead atoms. The molecule has 6 nitrogen and oxygen atoms in total. The summed E-state index contributed by atoms with van der Waals surface area (Å²) in [6.07, 6.45) is 0.142. The minimum Gasteiger partial charge on any atom is -0.286 e. The van der Waals surface area contributed by atoms with Gasteiger partial charge >= 0.3 is 0 Å². The largest absolute Gasteiger partial charge is 0.286 e. The molecule has 2 heterocycles. The Labute approximate surface area is 111 Å². The maximum Gasteiger partial charge on any atom is 0.232 e. The third-order valence-corrected chi connectivity index (χ3v) is 4.55. The SMILES string of the molecule is O=C1CC(CS(=O)(=O)Cl)CN1c1nnc(Cl)s1. The molecule has 0 aromatic carbocycles. The third kappa shape index (κ3) is 3.27. The number of carbonyl (C=O) groups excluding carboxylic acids is 1. The lowest BCUT2D eigenvalue weighted by atomic mass is 10.1. The molecule has 0 radical (unpaired) electrons. The number of halogens is 2. The van der Waals surface area contributed by atoms with Crippen LogP contribution >= 0.6 is 33.6 Å². The molecule has 0 spiro atoms. The fraction of sp³-hybridized carbons (Fsp3) is 0.571. The molecular weight excluding hydrogens is 309 g/mol. The van der Waals surface area contributed by atoms with Gasteiger partial charge < -0.3 is 0 Å². The summed E-state index contributed by atoms with van der Waals surface area (Å²) in [5, 5.41) is 7.71. The van der Waals surface area contributed by atoms with Gasteiger partial charge in [-0.25, -0.2) is 8.42 Å². The van der Waals surface area contributed by atoms with Crippen molar-refractivity contribution in [3.63, 3.8) is 0 Å².